The van der Waals surface area contributed by atoms with E-state index in [0.717, 1.165) is 25.2 Å². The SMILES string of the molecule is COC(=O)c1ccc(N2CCC[C@H](NC(=O)OC(C)(C)C)C2)nc1. The summed E-state index contributed by atoms with van der Waals surface area (Å²) in [6.45, 7) is 7.03. The summed E-state index contributed by atoms with van der Waals surface area (Å²) < 4.78 is 9.97. The van der Waals surface area contributed by atoms with Crippen LogP contribution in [0.3, 0.4) is 0 Å². The number of piperidine rings is 1. The monoisotopic (exact) mass is 335 g/mol. The van der Waals surface area contributed by atoms with Gasteiger partial charge in [0, 0.05) is 25.3 Å². The highest BCUT2D eigenvalue weighted by Crippen LogP contribution is 2.19. The molecule has 1 aliphatic heterocycles. The first kappa shape index (κ1) is 18.0. The highest BCUT2D eigenvalue weighted by Gasteiger charge is 2.25. The largest absolute Gasteiger partial charge is 0.465 e. The van der Waals surface area contributed by atoms with Crippen molar-refractivity contribution < 1.29 is 19.1 Å². The molecule has 0 aromatic carbocycles. The first-order chi connectivity index (χ1) is 11.3. The number of pyridine rings is 1. The third kappa shape index (κ3) is 5.11. The first-order valence-electron chi connectivity index (χ1n) is 8.07. The predicted octanol–water partition coefficient (Wildman–Crippen LogP) is 2.36. The van der Waals surface area contributed by atoms with Crippen LogP contribution in [0.2, 0.25) is 0 Å². The molecule has 24 heavy (non-hydrogen) atoms. The van der Waals surface area contributed by atoms with Crippen molar-refractivity contribution in [1.29, 1.82) is 0 Å². The Kier molecular flexibility index (Phi) is 5.64. The number of rotatable bonds is 3. The van der Waals surface area contributed by atoms with E-state index in [0.29, 0.717) is 12.1 Å². The van der Waals surface area contributed by atoms with Crippen molar-refractivity contribution in [2.24, 2.45) is 0 Å². The number of alkyl carbamates (subject to hydrolysis) is 1. The number of carbonyl (C=O) groups excluding carboxylic acids is 2. The van der Waals surface area contributed by atoms with Crippen LogP contribution in [0.5, 0.6) is 0 Å². The maximum absolute atomic E-state index is 11.9. The zero-order chi connectivity index (χ0) is 17.7. The molecule has 7 heteroatoms. The van der Waals surface area contributed by atoms with E-state index in [1.54, 1.807) is 12.1 Å². The number of nitrogens with one attached hydrogen (secondary N) is 1. The average molecular weight is 335 g/mol. The lowest BCUT2D eigenvalue weighted by Crippen LogP contribution is -2.49. The summed E-state index contributed by atoms with van der Waals surface area (Å²) in [4.78, 5) is 29.8. The van der Waals surface area contributed by atoms with Crippen LogP contribution >= 0.6 is 0 Å². The number of aromatic nitrogens is 1. The van der Waals surface area contributed by atoms with Crippen molar-refractivity contribution in [3.63, 3.8) is 0 Å². The molecule has 1 aromatic rings. The number of carbonyl (C=O) groups is 2. The third-order valence-electron chi connectivity index (χ3n) is 3.64. The maximum atomic E-state index is 11.9. The molecule has 1 saturated heterocycles. The lowest BCUT2D eigenvalue weighted by molar-refractivity contribution is 0.0498. The molecule has 1 fully saturated rings. The van der Waals surface area contributed by atoms with Gasteiger partial charge in [-0.15, -0.1) is 0 Å². The van der Waals surface area contributed by atoms with E-state index < -0.39 is 17.7 Å². The highest BCUT2D eigenvalue weighted by atomic mass is 16.6. The van der Waals surface area contributed by atoms with Crippen LogP contribution in [0.25, 0.3) is 0 Å². The van der Waals surface area contributed by atoms with Gasteiger partial charge in [0.15, 0.2) is 0 Å². The molecule has 0 saturated carbocycles. The number of nitrogens with zero attached hydrogens (tertiary/aromatic N) is 2. The number of esters is 1. The number of hydrogen-bond acceptors (Lipinski definition) is 6. The van der Waals surface area contributed by atoms with Gasteiger partial charge >= 0.3 is 12.1 Å². The summed E-state index contributed by atoms with van der Waals surface area (Å²) in [5, 5.41) is 2.91. The van der Waals surface area contributed by atoms with Crippen molar-refractivity contribution in [3.05, 3.63) is 23.9 Å². The summed E-state index contributed by atoms with van der Waals surface area (Å²) in [5.41, 5.74) is -0.0920. The molecule has 1 aliphatic rings. The molecule has 132 valence electrons. The van der Waals surface area contributed by atoms with Gasteiger partial charge in [0.1, 0.15) is 11.4 Å². The fourth-order valence-corrected chi connectivity index (χ4v) is 2.59. The van der Waals surface area contributed by atoms with Crippen LogP contribution in [0.4, 0.5) is 10.6 Å². The van der Waals surface area contributed by atoms with Crippen molar-refractivity contribution >= 4 is 17.9 Å². The molecule has 1 amide bonds. The normalized spacial score (nSPS) is 18.0. The first-order valence-corrected chi connectivity index (χ1v) is 8.07. The molecule has 0 aliphatic carbocycles. The minimum absolute atomic E-state index is 0.00989. The molecular formula is C17H25N3O4. The topological polar surface area (TPSA) is 80.8 Å². The number of amides is 1. The smallest absolute Gasteiger partial charge is 0.407 e. The average Bonchev–Trinajstić information content (AvgIpc) is 2.52. The Bertz CT molecular complexity index is 580. The molecule has 0 spiro atoms. The van der Waals surface area contributed by atoms with Gasteiger partial charge in [0.05, 0.1) is 12.7 Å². The summed E-state index contributed by atoms with van der Waals surface area (Å²) in [7, 11) is 1.34. The van der Waals surface area contributed by atoms with E-state index in [1.807, 2.05) is 20.8 Å². The standard InChI is InChI=1S/C17H25N3O4/c1-17(2,3)24-16(22)19-13-6-5-9-20(11-13)14-8-7-12(10-18-14)15(21)23-4/h7-8,10,13H,5-6,9,11H2,1-4H3,(H,19,22)/t13-/m0/s1. The van der Waals surface area contributed by atoms with Gasteiger partial charge in [-0.1, -0.05) is 0 Å². The Morgan fingerprint density at radius 3 is 2.67 bits per heavy atom. The summed E-state index contributed by atoms with van der Waals surface area (Å²) in [5.74, 6) is 0.371. The van der Waals surface area contributed by atoms with E-state index in [9.17, 15) is 9.59 Å². The fraction of sp³-hybridized carbons (Fsp3) is 0.588. The molecule has 0 bridgehead atoms. The minimum atomic E-state index is -0.510. The number of anilines is 1. The molecule has 7 nitrogen and oxygen atoms in total. The molecule has 1 aromatic heterocycles. The van der Waals surface area contributed by atoms with Crippen molar-refractivity contribution in [2.45, 2.75) is 45.3 Å². The van der Waals surface area contributed by atoms with Gasteiger partial charge in [0.25, 0.3) is 0 Å². The molecule has 1 atom stereocenters. The van der Waals surface area contributed by atoms with E-state index in [4.69, 9.17) is 4.74 Å². The van der Waals surface area contributed by atoms with Gasteiger partial charge in [-0.05, 0) is 45.7 Å². The van der Waals surface area contributed by atoms with E-state index in [1.165, 1.54) is 13.3 Å². The third-order valence-corrected chi connectivity index (χ3v) is 3.64. The molecule has 0 radical (unpaired) electrons. The Balaban J connectivity index is 1.95. The quantitative estimate of drug-likeness (QED) is 0.854. The molecule has 2 heterocycles. The zero-order valence-electron chi connectivity index (χ0n) is 14.7. The Morgan fingerprint density at radius 2 is 2.08 bits per heavy atom. The minimum Gasteiger partial charge on any atom is -0.465 e. The van der Waals surface area contributed by atoms with Crippen molar-refractivity contribution in [3.8, 4) is 0 Å². The second-order valence-corrected chi connectivity index (χ2v) is 6.83. The highest BCUT2D eigenvalue weighted by molar-refractivity contribution is 5.89. The molecule has 1 N–H and O–H groups in total. The second kappa shape index (κ2) is 7.51. The summed E-state index contributed by atoms with van der Waals surface area (Å²) >= 11 is 0. The van der Waals surface area contributed by atoms with Gasteiger partial charge in [0.2, 0.25) is 0 Å². The van der Waals surface area contributed by atoms with Crippen LogP contribution in [-0.4, -0.2) is 48.9 Å². The zero-order valence-corrected chi connectivity index (χ0v) is 14.7. The van der Waals surface area contributed by atoms with Gasteiger partial charge in [-0.2, -0.15) is 0 Å². The fourth-order valence-electron chi connectivity index (χ4n) is 2.59. The van der Waals surface area contributed by atoms with E-state index in [-0.39, 0.29) is 6.04 Å². The van der Waals surface area contributed by atoms with Crippen LogP contribution in [0.15, 0.2) is 18.3 Å². The van der Waals surface area contributed by atoms with Crippen molar-refractivity contribution in [2.75, 3.05) is 25.1 Å². The second-order valence-electron chi connectivity index (χ2n) is 6.83. The van der Waals surface area contributed by atoms with Crippen LogP contribution in [-0.2, 0) is 9.47 Å². The Hall–Kier alpha value is -2.31. The Labute approximate surface area is 142 Å². The van der Waals surface area contributed by atoms with E-state index >= 15 is 0 Å². The molecule has 0 unspecified atom stereocenters. The molecular weight excluding hydrogens is 310 g/mol. The number of hydrogen-bond donors (Lipinski definition) is 1. The summed E-state index contributed by atoms with van der Waals surface area (Å²) in [6, 6.07) is 3.50. The lowest BCUT2D eigenvalue weighted by atomic mass is 10.1. The van der Waals surface area contributed by atoms with Crippen molar-refractivity contribution in [1.82, 2.24) is 10.3 Å². The van der Waals surface area contributed by atoms with Gasteiger partial charge < -0.3 is 19.7 Å². The molecule has 2 rings (SSSR count). The number of ether oxygens (including phenoxy) is 2. The van der Waals surface area contributed by atoms with Gasteiger partial charge in [-0.25, -0.2) is 14.6 Å². The van der Waals surface area contributed by atoms with Crippen LogP contribution in [0.1, 0.15) is 44.0 Å². The van der Waals surface area contributed by atoms with Crippen LogP contribution in [0, 0.1) is 0 Å². The lowest BCUT2D eigenvalue weighted by Gasteiger charge is -2.34. The van der Waals surface area contributed by atoms with E-state index in [2.05, 4.69) is 19.9 Å². The van der Waals surface area contributed by atoms with Gasteiger partial charge in [-0.3, -0.25) is 0 Å². The Morgan fingerprint density at radius 1 is 1.33 bits per heavy atom. The predicted molar refractivity (Wildman–Crippen MR) is 90.2 cm³/mol. The maximum Gasteiger partial charge on any atom is 0.407 e. The number of methoxy groups -OCH3 is 1. The van der Waals surface area contributed by atoms with Crippen LogP contribution < -0.4 is 10.2 Å². The summed E-state index contributed by atoms with van der Waals surface area (Å²) in [6.07, 6.45) is 2.95.